The summed E-state index contributed by atoms with van der Waals surface area (Å²) in [4.78, 5) is 20.7. The van der Waals surface area contributed by atoms with Crippen molar-refractivity contribution in [3.05, 3.63) is 92.4 Å². The lowest BCUT2D eigenvalue weighted by Crippen LogP contribution is -2.53. The number of nitrogens with zero attached hydrogens (tertiary/aromatic N) is 3. The molecule has 2 fully saturated rings. The smallest absolute Gasteiger partial charge is 0.322 e. The minimum absolute atomic E-state index is 0.0306. The number of amides is 2. The van der Waals surface area contributed by atoms with Crippen LogP contribution in [0.1, 0.15) is 41.9 Å². The lowest BCUT2D eigenvalue weighted by Gasteiger charge is -2.40. The van der Waals surface area contributed by atoms with Crippen LogP contribution in [0, 0.1) is 0 Å². The molecule has 8 nitrogen and oxygen atoms in total. The van der Waals surface area contributed by atoms with Gasteiger partial charge in [-0.15, -0.1) is 0 Å². The maximum Gasteiger partial charge on any atom is 0.322 e. The Hall–Kier alpha value is -2.63. The zero-order chi connectivity index (χ0) is 28.9. The molecule has 2 amide bonds. The van der Waals surface area contributed by atoms with E-state index in [0.717, 1.165) is 38.7 Å². The van der Waals surface area contributed by atoms with E-state index in [2.05, 4.69) is 66.3 Å². The van der Waals surface area contributed by atoms with E-state index in [1.54, 1.807) is 7.11 Å². The van der Waals surface area contributed by atoms with Gasteiger partial charge < -0.3 is 19.5 Å². The van der Waals surface area contributed by atoms with E-state index in [-0.39, 0.29) is 24.7 Å². The van der Waals surface area contributed by atoms with Crippen molar-refractivity contribution in [2.45, 2.75) is 25.2 Å². The average molecular weight is 688 g/mol. The molecular weight excluding hydrogens is 652 g/mol. The lowest BCUT2D eigenvalue weighted by molar-refractivity contribution is 0.0889. The second-order valence-corrected chi connectivity index (χ2v) is 12.0. The largest absolute Gasteiger partial charge is 0.497 e. The van der Waals surface area contributed by atoms with Crippen molar-refractivity contribution in [3.8, 4) is 11.5 Å². The Morgan fingerprint density at radius 1 is 0.951 bits per heavy atom. The van der Waals surface area contributed by atoms with Crippen LogP contribution in [0.25, 0.3) is 0 Å². The minimum Gasteiger partial charge on any atom is -0.497 e. The molecule has 2 aliphatic rings. The molecule has 0 bridgehead atoms. The fourth-order valence-corrected chi connectivity index (χ4v) is 6.24. The molecule has 0 aliphatic carbocycles. The normalized spacial score (nSPS) is 21.2. The molecule has 3 unspecified atom stereocenters. The Labute approximate surface area is 258 Å². The predicted molar refractivity (Wildman–Crippen MR) is 166 cm³/mol. The number of methoxy groups -OCH3 is 1. The van der Waals surface area contributed by atoms with Gasteiger partial charge in [-0.3, -0.25) is 15.1 Å². The summed E-state index contributed by atoms with van der Waals surface area (Å²) in [5.41, 5.74) is 3.00. The van der Waals surface area contributed by atoms with Gasteiger partial charge >= 0.3 is 6.03 Å². The number of aliphatic hydroxyl groups excluding tert-OH is 1. The molecule has 0 saturated carbocycles. The van der Waals surface area contributed by atoms with E-state index in [1.165, 1.54) is 0 Å². The van der Waals surface area contributed by atoms with E-state index in [1.807, 2.05) is 59.2 Å². The molecule has 0 spiro atoms. The van der Waals surface area contributed by atoms with E-state index in [4.69, 9.17) is 9.47 Å². The standard InChI is InChI=1S/C31H36Br2N4O4/c1-3-41-27-20-25(40-2)12-13-26(27)30-34-28(21-4-8-23(32)9-5-21)29(22-6-10-24(33)11-7-22)37(30)31(39)36-16-14-35(15-17-36)18-19-38/h4-13,20,28-30,34,38H,3,14-19H2,1-2H3. The summed E-state index contributed by atoms with van der Waals surface area (Å²) in [7, 11) is 1.64. The number of urea groups is 1. The topological polar surface area (TPSA) is 77.5 Å². The second kappa shape index (κ2) is 13.6. The van der Waals surface area contributed by atoms with Crippen molar-refractivity contribution in [1.29, 1.82) is 0 Å². The lowest BCUT2D eigenvalue weighted by atomic mass is 9.94. The van der Waals surface area contributed by atoms with Gasteiger partial charge in [0.05, 0.1) is 32.4 Å². The Bertz CT molecular complexity index is 1320. The molecule has 2 N–H and O–H groups in total. The molecule has 0 aromatic heterocycles. The highest BCUT2D eigenvalue weighted by Gasteiger charge is 2.48. The second-order valence-electron chi connectivity index (χ2n) is 10.2. The highest BCUT2D eigenvalue weighted by atomic mass is 79.9. The van der Waals surface area contributed by atoms with Gasteiger partial charge in [0.2, 0.25) is 0 Å². The van der Waals surface area contributed by atoms with Crippen LogP contribution in [0.2, 0.25) is 0 Å². The molecule has 2 aliphatic heterocycles. The number of hydrogen-bond acceptors (Lipinski definition) is 6. The third kappa shape index (κ3) is 6.57. The maximum absolute atomic E-state index is 14.6. The third-order valence-corrected chi connectivity index (χ3v) is 8.82. The highest BCUT2D eigenvalue weighted by molar-refractivity contribution is 9.10. The van der Waals surface area contributed by atoms with E-state index in [9.17, 15) is 9.90 Å². The quantitative estimate of drug-likeness (QED) is 0.315. The summed E-state index contributed by atoms with van der Waals surface area (Å²) >= 11 is 7.14. The predicted octanol–water partition coefficient (Wildman–Crippen LogP) is 5.74. The highest BCUT2D eigenvalue weighted by Crippen LogP contribution is 2.48. The minimum atomic E-state index is -0.451. The number of nitrogens with one attached hydrogen (secondary N) is 1. The number of benzene rings is 3. The maximum atomic E-state index is 14.6. The molecule has 0 radical (unpaired) electrons. The van der Waals surface area contributed by atoms with Gasteiger partial charge in [0, 0.05) is 53.3 Å². The Morgan fingerprint density at radius 2 is 1.59 bits per heavy atom. The van der Waals surface area contributed by atoms with Crippen LogP contribution in [0.15, 0.2) is 75.7 Å². The van der Waals surface area contributed by atoms with Crippen molar-refractivity contribution < 1.29 is 19.4 Å². The zero-order valence-electron chi connectivity index (χ0n) is 23.3. The van der Waals surface area contributed by atoms with Crippen LogP contribution in [0.3, 0.4) is 0 Å². The first kappa shape index (κ1) is 29.8. The number of carbonyl (C=O) groups is 1. The van der Waals surface area contributed by atoms with Crippen LogP contribution in [0.4, 0.5) is 4.79 Å². The molecule has 2 heterocycles. The van der Waals surface area contributed by atoms with Crippen LogP contribution < -0.4 is 14.8 Å². The molecule has 5 rings (SSSR count). The first-order valence-corrected chi connectivity index (χ1v) is 15.5. The van der Waals surface area contributed by atoms with Gasteiger partial charge in [0.1, 0.15) is 17.7 Å². The summed E-state index contributed by atoms with van der Waals surface area (Å²) in [6.07, 6.45) is -0.451. The molecule has 2 saturated heterocycles. The number of β-amino-alcohol motifs (C(OH)–C–C–N with tert-alkyl or cyclic N) is 1. The number of aliphatic hydroxyl groups is 1. The Morgan fingerprint density at radius 3 is 2.17 bits per heavy atom. The van der Waals surface area contributed by atoms with Gasteiger partial charge in [-0.05, 0) is 54.4 Å². The number of halogens is 2. The number of carbonyl (C=O) groups excluding carboxylic acids is 1. The fourth-order valence-electron chi connectivity index (χ4n) is 5.71. The number of piperazine rings is 1. The average Bonchev–Trinajstić information content (AvgIpc) is 3.38. The van der Waals surface area contributed by atoms with Gasteiger partial charge in [-0.25, -0.2) is 4.79 Å². The summed E-state index contributed by atoms with van der Waals surface area (Å²) < 4.78 is 13.6. The summed E-state index contributed by atoms with van der Waals surface area (Å²) in [6, 6.07) is 21.8. The SMILES string of the molecule is CCOc1cc(OC)ccc1C1NC(c2ccc(Br)cc2)C(c2ccc(Br)cc2)N1C(=O)N1CCN(CCO)CC1. The third-order valence-electron chi connectivity index (χ3n) is 7.77. The van der Waals surface area contributed by atoms with E-state index in [0.29, 0.717) is 37.7 Å². The monoisotopic (exact) mass is 686 g/mol. The molecule has 3 atom stereocenters. The molecule has 10 heteroatoms. The summed E-state index contributed by atoms with van der Waals surface area (Å²) in [5, 5.41) is 13.2. The van der Waals surface area contributed by atoms with E-state index >= 15 is 0 Å². The van der Waals surface area contributed by atoms with Crippen LogP contribution in [-0.4, -0.2) is 78.9 Å². The molecule has 3 aromatic carbocycles. The number of rotatable bonds is 8. The summed E-state index contributed by atoms with van der Waals surface area (Å²) in [5.74, 6) is 1.38. The molecule has 218 valence electrons. The van der Waals surface area contributed by atoms with Crippen molar-refractivity contribution in [2.75, 3.05) is 53.0 Å². The van der Waals surface area contributed by atoms with Crippen molar-refractivity contribution in [2.24, 2.45) is 0 Å². The Kier molecular flexibility index (Phi) is 9.87. The van der Waals surface area contributed by atoms with Crippen LogP contribution >= 0.6 is 31.9 Å². The number of hydrogen-bond donors (Lipinski definition) is 2. The fraction of sp³-hybridized carbons (Fsp3) is 0.387. The first-order chi connectivity index (χ1) is 19.9. The number of ether oxygens (including phenoxy) is 2. The van der Waals surface area contributed by atoms with Crippen LogP contribution in [0.5, 0.6) is 11.5 Å². The van der Waals surface area contributed by atoms with Gasteiger partial charge in [-0.2, -0.15) is 0 Å². The molecule has 3 aromatic rings. The van der Waals surface area contributed by atoms with Gasteiger partial charge in [0.25, 0.3) is 0 Å². The van der Waals surface area contributed by atoms with Crippen LogP contribution in [-0.2, 0) is 0 Å². The first-order valence-electron chi connectivity index (χ1n) is 13.9. The summed E-state index contributed by atoms with van der Waals surface area (Å²) in [6.45, 7) is 5.82. The Balaban J connectivity index is 1.61. The zero-order valence-corrected chi connectivity index (χ0v) is 26.5. The molecule has 41 heavy (non-hydrogen) atoms. The van der Waals surface area contributed by atoms with Gasteiger partial charge in [-0.1, -0.05) is 56.1 Å². The molecular formula is C31H36Br2N4O4. The van der Waals surface area contributed by atoms with Gasteiger partial charge in [0.15, 0.2) is 0 Å². The van der Waals surface area contributed by atoms with Crippen molar-refractivity contribution >= 4 is 37.9 Å². The van der Waals surface area contributed by atoms with Crippen molar-refractivity contribution in [3.63, 3.8) is 0 Å². The van der Waals surface area contributed by atoms with E-state index < -0.39 is 6.17 Å². The van der Waals surface area contributed by atoms with Crippen molar-refractivity contribution in [1.82, 2.24) is 20.0 Å².